The van der Waals surface area contributed by atoms with Crippen molar-refractivity contribution in [3.8, 4) is 6.07 Å². The summed E-state index contributed by atoms with van der Waals surface area (Å²) in [5.74, 6) is 0.281. The SMILES string of the molecule is CC(C)(C)[C@@H]1CCc2c(sc(NC(=O)CCl)c2C#N)C1. The zero-order valence-corrected chi connectivity index (χ0v) is 13.6. The molecule has 1 atom stereocenters. The van der Waals surface area contributed by atoms with Crippen LogP contribution in [-0.4, -0.2) is 11.8 Å². The summed E-state index contributed by atoms with van der Waals surface area (Å²) in [7, 11) is 0. The number of thiophene rings is 1. The van der Waals surface area contributed by atoms with Crippen molar-refractivity contribution in [2.45, 2.75) is 40.0 Å². The van der Waals surface area contributed by atoms with E-state index in [0.29, 0.717) is 16.5 Å². The van der Waals surface area contributed by atoms with Gasteiger partial charge in [-0.2, -0.15) is 5.26 Å². The molecule has 1 amide bonds. The molecule has 1 aliphatic rings. The predicted molar refractivity (Wildman–Crippen MR) is 83.4 cm³/mol. The van der Waals surface area contributed by atoms with E-state index in [9.17, 15) is 10.1 Å². The monoisotopic (exact) mass is 310 g/mol. The molecule has 108 valence electrons. The van der Waals surface area contributed by atoms with Gasteiger partial charge in [0.15, 0.2) is 0 Å². The molecule has 0 radical (unpaired) electrons. The Morgan fingerprint density at radius 3 is 2.80 bits per heavy atom. The van der Waals surface area contributed by atoms with Crippen molar-refractivity contribution in [3.63, 3.8) is 0 Å². The summed E-state index contributed by atoms with van der Waals surface area (Å²) in [5.41, 5.74) is 2.03. The van der Waals surface area contributed by atoms with Gasteiger partial charge in [-0.15, -0.1) is 22.9 Å². The Balaban J connectivity index is 2.31. The van der Waals surface area contributed by atoms with Crippen molar-refractivity contribution in [1.29, 1.82) is 5.26 Å². The highest BCUT2D eigenvalue weighted by Gasteiger charge is 2.32. The number of fused-ring (bicyclic) bond motifs is 1. The Hall–Kier alpha value is -1.05. The molecule has 0 aromatic carbocycles. The lowest BCUT2D eigenvalue weighted by atomic mass is 9.72. The lowest BCUT2D eigenvalue weighted by molar-refractivity contribution is -0.113. The van der Waals surface area contributed by atoms with E-state index in [1.807, 2.05) is 0 Å². The van der Waals surface area contributed by atoms with Gasteiger partial charge in [-0.1, -0.05) is 20.8 Å². The molecule has 0 saturated carbocycles. The Bertz CT molecular complexity index is 566. The minimum atomic E-state index is -0.255. The number of hydrogen-bond donors (Lipinski definition) is 1. The zero-order valence-electron chi connectivity index (χ0n) is 12.0. The molecule has 5 heteroatoms. The van der Waals surface area contributed by atoms with Gasteiger partial charge in [0.05, 0.1) is 5.56 Å². The second-order valence-electron chi connectivity index (χ2n) is 6.31. The number of carbonyl (C=O) groups excluding carboxylic acids is 1. The number of nitriles is 1. The van der Waals surface area contributed by atoms with Crippen LogP contribution in [0.25, 0.3) is 0 Å². The molecule has 1 aliphatic carbocycles. The molecule has 3 nitrogen and oxygen atoms in total. The Labute approximate surface area is 128 Å². The van der Waals surface area contributed by atoms with Crippen LogP contribution in [0.3, 0.4) is 0 Å². The van der Waals surface area contributed by atoms with E-state index in [1.165, 1.54) is 16.2 Å². The van der Waals surface area contributed by atoms with E-state index in [-0.39, 0.29) is 17.2 Å². The first-order valence-electron chi connectivity index (χ1n) is 6.77. The van der Waals surface area contributed by atoms with Gasteiger partial charge in [0.2, 0.25) is 5.91 Å². The molecule has 1 aromatic rings. The van der Waals surface area contributed by atoms with Crippen molar-refractivity contribution >= 4 is 33.8 Å². The third-order valence-electron chi connectivity index (χ3n) is 3.98. The molecule has 1 heterocycles. The maximum absolute atomic E-state index is 11.4. The van der Waals surface area contributed by atoms with Crippen LogP contribution in [-0.2, 0) is 17.6 Å². The van der Waals surface area contributed by atoms with Crippen LogP contribution in [0.5, 0.6) is 0 Å². The Morgan fingerprint density at radius 2 is 2.25 bits per heavy atom. The average molecular weight is 311 g/mol. The number of carbonyl (C=O) groups is 1. The molecule has 20 heavy (non-hydrogen) atoms. The van der Waals surface area contributed by atoms with Crippen LogP contribution < -0.4 is 5.32 Å². The molecular formula is C15H19ClN2OS. The molecule has 2 rings (SSSR count). The summed E-state index contributed by atoms with van der Waals surface area (Å²) in [4.78, 5) is 12.7. The van der Waals surface area contributed by atoms with Crippen LogP contribution in [0.1, 0.15) is 43.2 Å². The van der Waals surface area contributed by atoms with Gasteiger partial charge in [-0.25, -0.2) is 0 Å². The largest absolute Gasteiger partial charge is 0.316 e. The lowest BCUT2D eigenvalue weighted by Crippen LogP contribution is -2.26. The van der Waals surface area contributed by atoms with Gasteiger partial charge in [-0.05, 0) is 36.2 Å². The van der Waals surface area contributed by atoms with E-state index in [0.717, 1.165) is 24.8 Å². The van der Waals surface area contributed by atoms with Crippen molar-refractivity contribution in [2.75, 3.05) is 11.2 Å². The fraction of sp³-hybridized carbons (Fsp3) is 0.600. The fourth-order valence-electron chi connectivity index (χ4n) is 2.69. The highest BCUT2D eigenvalue weighted by molar-refractivity contribution is 7.16. The summed E-state index contributed by atoms with van der Waals surface area (Å²) in [5, 5.41) is 12.8. The van der Waals surface area contributed by atoms with E-state index in [1.54, 1.807) is 0 Å². The third kappa shape index (κ3) is 2.99. The molecule has 0 bridgehead atoms. The number of nitrogens with one attached hydrogen (secondary N) is 1. The topological polar surface area (TPSA) is 52.9 Å². The minimum Gasteiger partial charge on any atom is -0.316 e. The van der Waals surface area contributed by atoms with E-state index < -0.39 is 0 Å². The Kier molecular flexibility index (Phi) is 4.41. The quantitative estimate of drug-likeness (QED) is 0.841. The van der Waals surface area contributed by atoms with Crippen molar-refractivity contribution in [2.24, 2.45) is 11.3 Å². The van der Waals surface area contributed by atoms with Crippen LogP contribution in [0, 0.1) is 22.7 Å². The first-order valence-corrected chi connectivity index (χ1v) is 8.12. The number of anilines is 1. The summed E-state index contributed by atoms with van der Waals surface area (Å²) in [6.07, 6.45) is 3.02. The van der Waals surface area contributed by atoms with Gasteiger partial charge in [0.25, 0.3) is 0 Å². The first-order chi connectivity index (χ1) is 9.36. The normalized spacial score (nSPS) is 18.2. The van der Waals surface area contributed by atoms with E-state index in [2.05, 4.69) is 32.2 Å². The zero-order chi connectivity index (χ0) is 14.9. The third-order valence-corrected chi connectivity index (χ3v) is 5.39. The van der Waals surface area contributed by atoms with Crippen molar-refractivity contribution in [1.82, 2.24) is 0 Å². The average Bonchev–Trinajstić information content (AvgIpc) is 2.73. The molecule has 1 aromatic heterocycles. The van der Waals surface area contributed by atoms with Crippen LogP contribution in [0.15, 0.2) is 0 Å². The molecule has 1 N–H and O–H groups in total. The van der Waals surface area contributed by atoms with E-state index >= 15 is 0 Å². The lowest BCUT2D eigenvalue weighted by Gasteiger charge is -2.33. The van der Waals surface area contributed by atoms with Gasteiger partial charge in [0.1, 0.15) is 17.0 Å². The number of nitrogens with zero attached hydrogens (tertiary/aromatic N) is 1. The molecule has 0 spiro atoms. The van der Waals surface area contributed by atoms with Crippen molar-refractivity contribution in [3.05, 3.63) is 16.0 Å². The van der Waals surface area contributed by atoms with E-state index in [4.69, 9.17) is 11.6 Å². The fourth-order valence-corrected chi connectivity index (χ4v) is 4.05. The van der Waals surface area contributed by atoms with Gasteiger partial charge in [-0.3, -0.25) is 4.79 Å². The standard InChI is InChI=1S/C15H19ClN2OS/c1-15(2,3)9-4-5-10-11(8-17)14(18-13(19)7-16)20-12(10)6-9/h9H,4-7H2,1-3H3,(H,18,19)/t9-/m1/s1. The second kappa shape index (κ2) is 5.75. The summed E-state index contributed by atoms with van der Waals surface area (Å²) >= 11 is 7.05. The van der Waals surface area contributed by atoms with Gasteiger partial charge < -0.3 is 5.32 Å². The summed E-state index contributed by atoms with van der Waals surface area (Å²) in [6.45, 7) is 6.78. The number of alkyl halides is 1. The number of rotatable bonds is 2. The molecule has 0 aliphatic heterocycles. The second-order valence-corrected chi connectivity index (χ2v) is 7.68. The highest BCUT2D eigenvalue weighted by atomic mass is 35.5. The van der Waals surface area contributed by atoms with Gasteiger partial charge >= 0.3 is 0 Å². The van der Waals surface area contributed by atoms with Crippen LogP contribution in [0.2, 0.25) is 0 Å². The maximum atomic E-state index is 11.4. The molecule has 0 unspecified atom stereocenters. The van der Waals surface area contributed by atoms with Crippen LogP contribution >= 0.6 is 22.9 Å². The van der Waals surface area contributed by atoms with Gasteiger partial charge in [0, 0.05) is 4.88 Å². The number of halogens is 1. The molecule has 0 fully saturated rings. The van der Waals surface area contributed by atoms with Crippen molar-refractivity contribution < 1.29 is 4.79 Å². The highest BCUT2D eigenvalue weighted by Crippen LogP contribution is 2.43. The summed E-state index contributed by atoms with van der Waals surface area (Å²) in [6, 6.07) is 2.24. The molecular weight excluding hydrogens is 292 g/mol. The smallest absolute Gasteiger partial charge is 0.239 e. The summed E-state index contributed by atoms with van der Waals surface area (Å²) < 4.78 is 0. The number of amides is 1. The maximum Gasteiger partial charge on any atom is 0.239 e. The predicted octanol–water partition coefficient (Wildman–Crippen LogP) is 3.95. The first kappa shape index (κ1) is 15.3. The minimum absolute atomic E-state index is 0.0853. The van der Waals surface area contributed by atoms with Crippen LogP contribution in [0.4, 0.5) is 5.00 Å². The molecule has 0 saturated heterocycles. The number of hydrogen-bond acceptors (Lipinski definition) is 3. The Morgan fingerprint density at radius 1 is 1.55 bits per heavy atom.